The molecule has 1 saturated carbocycles. The van der Waals surface area contributed by atoms with E-state index in [1.807, 2.05) is 12.1 Å². The van der Waals surface area contributed by atoms with E-state index in [1.165, 1.54) is 11.3 Å². The number of fused-ring (bicyclic) bond motifs is 1. The molecule has 0 aromatic heterocycles. The fourth-order valence-electron chi connectivity index (χ4n) is 5.68. The molecule has 2 fully saturated rings. The van der Waals surface area contributed by atoms with Gasteiger partial charge in [0, 0.05) is 49.4 Å². The van der Waals surface area contributed by atoms with Gasteiger partial charge in [-0.15, -0.1) is 0 Å². The Hall–Kier alpha value is -1.91. The van der Waals surface area contributed by atoms with Crippen LogP contribution in [-0.2, 0) is 6.54 Å². The third kappa shape index (κ3) is 4.13. The van der Waals surface area contributed by atoms with E-state index in [4.69, 9.17) is 0 Å². The zero-order valence-corrected chi connectivity index (χ0v) is 18.4. The summed E-state index contributed by atoms with van der Waals surface area (Å²) in [5.74, 6) is 0.0590. The van der Waals surface area contributed by atoms with Crippen molar-refractivity contribution in [2.24, 2.45) is 5.92 Å². The van der Waals surface area contributed by atoms with E-state index in [0.29, 0.717) is 6.54 Å². The number of anilines is 1. The average Bonchev–Trinajstić information content (AvgIpc) is 2.77. The largest absolute Gasteiger partial charge is 0.389 e. The summed E-state index contributed by atoms with van der Waals surface area (Å²) < 4.78 is 14.4. The van der Waals surface area contributed by atoms with Crippen LogP contribution < -0.4 is 4.90 Å². The summed E-state index contributed by atoms with van der Waals surface area (Å²) in [5, 5.41) is 11.5. The molecule has 2 aromatic carbocycles. The first-order valence-corrected chi connectivity index (χ1v) is 11.6. The Bertz CT molecular complexity index is 835. The summed E-state index contributed by atoms with van der Waals surface area (Å²) in [6.07, 6.45) is 4.97. The highest BCUT2D eigenvalue weighted by molar-refractivity contribution is 5.48. The van der Waals surface area contributed by atoms with Crippen molar-refractivity contribution >= 4 is 5.69 Å². The van der Waals surface area contributed by atoms with Crippen LogP contribution in [0.4, 0.5) is 10.1 Å². The van der Waals surface area contributed by atoms with Gasteiger partial charge in [-0.25, -0.2) is 4.39 Å². The molecule has 162 valence electrons. The zero-order chi connectivity index (χ0) is 21.1. The van der Waals surface area contributed by atoms with Crippen LogP contribution in [0.2, 0.25) is 0 Å². The number of hydrogen-bond acceptors (Lipinski definition) is 3. The van der Waals surface area contributed by atoms with E-state index in [-0.39, 0.29) is 17.8 Å². The third-order valence-corrected chi connectivity index (χ3v) is 7.37. The van der Waals surface area contributed by atoms with Crippen molar-refractivity contribution < 1.29 is 9.50 Å². The van der Waals surface area contributed by atoms with Crippen LogP contribution in [0, 0.1) is 11.7 Å². The summed E-state index contributed by atoms with van der Waals surface area (Å²) in [4.78, 5) is 4.74. The Balaban J connectivity index is 1.67. The highest BCUT2D eigenvalue weighted by Crippen LogP contribution is 2.49. The normalized spacial score (nSPS) is 26.9. The molecule has 2 aromatic rings. The fourth-order valence-corrected chi connectivity index (χ4v) is 5.68. The van der Waals surface area contributed by atoms with Crippen molar-refractivity contribution in [1.82, 2.24) is 4.90 Å². The van der Waals surface area contributed by atoms with Gasteiger partial charge in [-0.05, 0) is 56.9 Å². The highest BCUT2D eigenvalue weighted by atomic mass is 19.1. The Morgan fingerprint density at radius 2 is 1.77 bits per heavy atom. The number of nitrogens with zero attached hydrogens (tertiary/aromatic N) is 2. The maximum Gasteiger partial charge on any atom is 0.127 e. The summed E-state index contributed by atoms with van der Waals surface area (Å²) in [6.45, 7) is 7.71. The van der Waals surface area contributed by atoms with Gasteiger partial charge >= 0.3 is 0 Å². The van der Waals surface area contributed by atoms with Crippen molar-refractivity contribution in [3.05, 3.63) is 65.5 Å². The first-order chi connectivity index (χ1) is 14.6. The van der Waals surface area contributed by atoms with Gasteiger partial charge < -0.3 is 10.0 Å². The standard InChI is InChI=1S/C26H35FN2O/c1-3-28(4-2)22-14-12-20(13-15-22)25-23-10-7-8-16-26(23,30)17-18-29(25)19-21-9-5-6-11-24(21)27/h5-6,9,11-15,23,25,30H,3-4,7-8,10,16-19H2,1-2H3/t23-,25-,26-/m0/s1. The molecule has 1 heterocycles. The van der Waals surface area contributed by atoms with Crippen molar-refractivity contribution in [3.8, 4) is 0 Å². The molecule has 1 saturated heterocycles. The Kier molecular flexibility index (Phi) is 6.45. The van der Waals surface area contributed by atoms with Crippen LogP contribution in [0.1, 0.15) is 63.1 Å². The molecular formula is C26H35FN2O. The van der Waals surface area contributed by atoms with Crippen molar-refractivity contribution in [3.63, 3.8) is 0 Å². The molecule has 1 N–H and O–H groups in total. The number of benzene rings is 2. The molecule has 4 rings (SSSR count). The lowest BCUT2D eigenvalue weighted by atomic mass is 9.66. The van der Waals surface area contributed by atoms with Crippen molar-refractivity contribution in [1.29, 1.82) is 0 Å². The van der Waals surface area contributed by atoms with Gasteiger partial charge in [-0.3, -0.25) is 4.90 Å². The lowest BCUT2D eigenvalue weighted by molar-refractivity contribution is -0.126. The Morgan fingerprint density at radius 3 is 2.47 bits per heavy atom. The summed E-state index contributed by atoms with van der Waals surface area (Å²) in [5.41, 5.74) is 2.63. The fraction of sp³-hybridized carbons (Fsp3) is 0.538. The van der Waals surface area contributed by atoms with E-state index in [0.717, 1.165) is 57.3 Å². The molecule has 0 unspecified atom stereocenters. The van der Waals surface area contributed by atoms with Crippen LogP contribution in [-0.4, -0.2) is 35.2 Å². The molecule has 2 aliphatic rings. The lowest BCUT2D eigenvalue weighted by Crippen LogP contribution is -2.54. The van der Waals surface area contributed by atoms with Crippen LogP contribution in [0.5, 0.6) is 0 Å². The molecule has 0 spiro atoms. The van der Waals surface area contributed by atoms with Crippen LogP contribution in [0.25, 0.3) is 0 Å². The maximum atomic E-state index is 14.4. The van der Waals surface area contributed by atoms with Gasteiger partial charge in [-0.2, -0.15) is 0 Å². The number of hydrogen-bond donors (Lipinski definition) is 1. The molecule has 4 heteroatoms. The van der Waals surface area contributed by atoms with Crippen LogP contribution in [0.15, 0.2) is 48.5 Å². The van der Waals surface area contributed by atoms with Crippen LogP contribution >= 0.6 is 0 Å². The number of aliphatic hydroxyl groups is 1. The minimum absolute atomic E-state index is 0.120. The van der Waals surface area contributed by atoms with E-state index < -0.39 is 5.60 Å². The van der Waals surface area contributed by atoms with Gasteiger partial charge in [0.2, 0.25) is 0 Å². The SMILES string of the molecule is CCN(CC)c1ccc([C@H]2[C@@H]3CCCC[C@]3(O)CCN2Cc2ccccc2F)cc1. The molecule has 1 aliphatic heterocycles. The van der Waals surface area contributed by atoms with Gasteiger partial charge in [0.05, 0.1) is 5.60 Å². The first kappa shape index (κ1) is 21.3. The van der Waals surface area contributed by atoms with E-state index >= 15 is 0 Å². The number of piperidine rings is 1. The predicted octanol–water partition coefficient (Wildman–Crippen LogP) is 5.54. The maximum absolute atomic E-state index is 14.4. The monoisotopic (exact) mass is 410 g/mol. The molecule has 0 amide bonds. The average molecular weight is 411 g/mol. The molecule has 0 radical (unpaired) electrons. The smallest absolute Gasteiger partial charge is 0.127 e. The number of likely N-dealkylation sites (tertiary alicyclic amines) is 1. The molecule has 3 nitrogen and oxygen atoms in total. The second-order valence-corrected chi connectivity index (χ2v) is 8.98. The van der Waals surface area contributed by atoms with Gasteiger partial charge in [0.25, 0.3) is 0 Å². The second kappa shape index (κ2) is 9.07. The lowest BCUT2D eigenvalue weighted by Gasteiger charge is -2.53. The van der Waals surface area contributed by atoms with Crippen molar-refractivity contribution in [2.45, 2.75) is 64.1 Å². The second-order valence-electron chi connectivity index (χ2n) is 8.98. The Morgan fingerprint density at radius 1 is 1.03 bits per heavy atom. The number of halogens is 1. The predicted molar refractivity (Wildman–Crippen MR) is 121 cm³/mol. The van der Waals surface area contributed by atoms with E-state index in [2.05, 4.69) is 47.9 Å². The van der Waals surface area contributed by atoms with Crippen LogP contribution in [0.3, 0.4) is 0 Å². The quantitative estimate of drug-likeness (QED) is 0.677. The van der Waals surface area contributed by atoms with Crippen molar-refractivity contribution in [2.75, 3.05) is 24.5 Å². The third-order valence-electron chi connectivity index (χ3n) is 7.37. The minimum atomic E-state index is -0.591. The molecule has 0 bridgehead atoms. The van der Waals surface area contributed by atoms with E-state index in [1.54, 1.807) is 12.1 Å². The zero-order valence-electron chi connectivity index (χ0n) is 18.4. The Labute approximate surface area is 180 Å². The van der Waals surface area contributed by atoms with Gasteiger partial charge in [-0.1, -0.05) is 43.2 Å². The highest BCUT2D eigenvalue weighted by Gasteiger charge is 2.48. The van der Waals surface area contributed by atoms with E-state index in [9.17, 15) is 9.50 Å². The molecule has 30 heavy (non-hydrogen) atoms. The minimum Gasteiger partial charge on any atom is -0.389 e. The number of rotatable bonds is 6. The molecule has 1 aliphatic carbocycles. The van der Waals surface area contributed by atoms with Gasteiger partial charge in [0.1, 0.15) is 5.82 Å². The van der Waals surface area contributed by atoms with Gasteiger partial charge in [0.15, 0.2) is 0 Å². The summed E-state index contributed by atoms with van der Waals surface area (Å²) in [7, 11) is 0. The summed E-state index contributed by atoms with van der Waals surface area (Å²) >= 11 is 0. The molecular weight excluding hydrogens is 375 g/mol. The molecule has 3 atom stereocenters. The topological polar surface area (TPSA) is 26.7 Å². The summed E-state index contributed by atoms with van der Waals surface area (Å²) in [6, 6.07) is 16.1. The first-order valence-electron chi connectivity index (χ1n) is 11.6.